The van der Waals surface area contributed by atoms with Crippen molar-refractivity contribution in [3.8, 4) is 0 Å². The molecule has 1 N–H and O–H groups in total. The van der Waals surface area contributed by atoms with Crippen molar-refractivity contribution >= 4 is 33.5 Å². The lowest BCUT2D eigenvalue weighted by molar-refractivity contribution is 0.181. The number of hydrogen-bond acceptors (Lipinski definition) is 2. The molecule has 0 saturated carbocycles. The number of rotatable bonds is 6. The van der Waals surface area contributed by atoms with E-state index in [2.05, 4.69) is 40.1 Å². The standard InChI is InChI=1S/C17H25BrClN3O/c1-3-20-17(22(2)11-13-7-9-23-12-13)21-8-6-14-10-15(19)4-5-16(14)18/h4-5,10,13H,3,6-9,11-12H2,1-2H3,(H,20,21). The first-order valence-corrected chi connectivity index (χ1v) is 9.28. The summed E-state index contributed by atoms with van der Waals surface area (Å²) in [7, 11) is 2.09. The van der Waals surface area contributed by atoms with Crippen molar-refractivity contribution in [2.75, 3.05) is 39.9 Å². The Labute approximate surface area is 152 Å². The smallest absolute Gasteiger partial charge is 0.193 e. The Morgan fingerprint density at radius 3 is 3.04 bits per heavy atom. The van der Waals surface area contributed by atoms with Gasteiger partial charge in [-0.15, -0.1) is 0 Å². The van der Waals surface area contributed by atoms with Gasteiger partial charge in [0.25, 0.3) is 0 Å². The summed E-state index contributed by atoms with van der Waals surface area (Å²) in [6.07, 6.45) is 2.00. The van der Waals surface area contributed by atoms with Gasteiger partial charge in [0.05, 0.1) is 6.61 Å². The Morgan fingerprint density at radius 2 is 2.35 bits per heavy atom. The van der Waals surface area contributed by atoms with Crippen molar-refractivity contribution < 1.29 is 4.74 Å². The van der Waals surface area contributed by atoms with Gasteiger partial charge in [0.2, 0.25) is 0 Å². The van der Waals surface area contributed by atoms with E-state index in [0.29, 0.717) is 5.92 Å². The second kappa shape index (κ2) is 9.50. The maximum absolute atomic E-state index is 6.06. The van der Waals surface area contributed by atoms with Crippen LogP contribution in [-0.2, 0) is 11.2 Å². The van der Waals surface area contributed by atoms with Crippen LogP contribution in [0.15, 0.2) is 27.7 Å². The van der Waals surface area contributed by atoms with Crippen molar-refractivity contribution in [1.82, 2.24) is 10.2 Å². The number of benzene rings is 1. The highest BCUT2D eigenvalue weighted by Gasteiger charge is 2.18. The van der Waals surface area contributed by atoms with Crippen LogP contribution < -0.4 is 5.32 Å². The predicted octanol–water partition coefficient (Wildman–Crippen LogP) is 3.58. The number of nitrogens with one attached hydrogen (secondary N) is 1. The summed E-state index contributed by atoms with van der Waals surface area (Å²) in [5.41, 5.74) is 1.18. The second-order valence-electron chi connectivity index (χ2n) is 5.83. The van der Waals surface area contributed by atoms with E-state index in [-0.39, 0.29) is 0 Å². The van der Waals surface area contributed by atoms with Crippen LogP contribution >= 0.6 is 27.5 Å². The molecule has 0 spiro atoms. The van der Waals surface area contributed by atoms with Gasteiger partial charge in [0.1, 0.15) is 0 Å². The normalized spacial score (nSPS) is 18.3. The van der Waals surface area contributed by atoms with Gasteiger partial charge in [-0.1, -0.05) is 27.5 Å². The first kappa shape index (κ1) is 18.6. The molecular formula is C17H25BrClN3O. The highest BCUT2D eigenvalue weighted by atomic mass is 79.9. The molecule has 1 unspecified atom stereocenters. The van der Waals surface area contributed by atoms with Gasteiger partial charge in [0.15, 0.2) is 5.96 Å². The monoisotopic (exact) mass is 401 g/mol. The molecule has 1 heterocycles. The predicted molar refractivity (Wildman–Crippen MR) is 100 cm³/mol. The number of aliphatic imine (C=N–C) groups is 1. The number of halogens is 2. The Morgan fingerprint density at radius 1 is 1.52 bits per heavy atom. The molecule has 1 aliphatic heterocycles. The molecule has 0 aliphatic carbocycles. The molecule has 1 saturated heterocycles. The SMILES string of the molecule is CCNC(=NCCc1cc(Cl)ccc1Br)N(C)CC1CCOC1. The quantitative estimate of drug-likeness (QED) is 0.584. The third kappa shape index (κ3) is 5.98. The Bertz CT molecular complexity index is 533. The zero-order valence-corrected chi connectivity index (χ0v) is 16.2. The van der Waals surface area contributed by atoms with Crippen LogP contribution in [0, 0.1) is 5.92 Å². The first-order chi connectivity index (χ1) is 11.1. The van der Waals surface area contributed by atoms with Gasteiger partial charge in [-0.3, -0.25) is 4.99 Å². The molecule has 1 aromatic carbocycles. The summed E-state index contributed by atoms with van der Waals surface area (Å²) < 4.78 is 6.54. The van der Waals surface area contributed by atoms with Crippen LogP contribution in [-0.4, -0.2) is 50.8 Å². The summed E-state index contributed by atoms with van der Waals surface area (Å²) in [6.45, 7) is 6.41. The minimum absolute atomic E-state index is 0.603. The highest BCUT2D eigenvalue weighted by Crippen LogP contribution is 2.21. The van der Waals surface area contributed by atoms with Crippen molar-refractivity contribution in [1.29, 1.82) is 0 Å². The second-order valence-corrected chi connectivity index (χ2v) is 7.12. The van der Waals surface area contributed by atoms with Crippen LogP contribution in [0.25, 0.3) is 0 Å². The van der Waals surface area contributed by atoms with E-state index in [9.17, 15) is 0 Å². The summed E-state index contributed by atoms with van der Waals surface area (Å²) in [6, 6.07) is 5.87. The minimum Gasteiger partial charge on any atom is -0.381 e. The molecule has 128 valence electrons. The molecule has 0 bridgehead atoms. The Kier molecular flexibility index (Phi) is 7.66. The van der Waals surface area contributed by atoms with Gasteiger partial charge in [0, 0.05) is 48.7 Å². The molecule has 0 radical (unpaired) electrons. The summed E-state index contributed by atoms with van der Waals surface area (Å²) in [5.74, 6) is 1.56. The molecule has 1 atom stereocenters. The van der Waals surface area contributed by atoms with Gasteiger partial charge in [-0.2, -0.15) is 0 Å². The largest absolute Gasteiger partial charge is 0.381 e. The summed E-state index contributed by atoms with van der Waals surface area (Å²) in [4.78, 5) is 6.95. The Hall–Kier alpha value is -0.780. The van der Waals surface area contributed by atoms with Crippen LogP contribution in [0.5, 0.6) is 0 Å². The van der Waals surface area contributed by atoms with Gasteiger partial charge in [-0.05, 0) is 43.5 Å². The van der Waals surface area contributed by atoms with Crippen molar-refractivity contribution in [2.45, 2.75) is 19.8 Å². The molecule has 6 heteroatoms. The van der Waals surface area contributed by atoms with Gasteiger partial charge in [-0.25, -0.2) is 0 Å². The van der Waals surface area contributed by atoms with Crippen molar-refractivity contribution in [3.63, 3.8) is 0 Å². The number of ether oxygens (including phenoxy) is 1. The molecule has 1 fully saturated rings. The van der Waals surface area contributed by atoms with Crippen LogP contribution in [0.2, 0.25) is 5.02 Å². The fraction of sp³-hybridized carbons (Fsp3) is 0.588. The van der Waals surface area contributed by atoms with E-state index in [1.54, 1.807) is 0 Å². The van der Waals surface area contributed by atoms with Crippen LogP contribution in [0.1, 0.15) is 18.9 Å². The van der Waals surface area contributed by atoms with E-state index in [0.717, 1.165) is 61.1 Å². The lowest BCUT2D eigenvalue weighted by Gasteiger charge is -2.24. The molecule has 0 amide bonds. The number of nitrogens with zero attached hydrogens (tertiary/aromatic N) is 2. The molecule has 1 aromatic rings. The van der Waals surface area contributed by atoms with Gasteiger partial charge >= 0.3 is 0 Å². The average molecular weight is 403 g/mol. The highest BCUT2D eigenvalue weighted by molar-refractivity contribution is 9.10. The zero-order chi connectivity index (χ0) is 16.7. The molecule has 4 nitrogen and oxygen atoms in total. The maximum atomic E-state index is 6.06. The van der Waals surface area contributed by atoms with E-state index >= 15 is 0 Å². The van der Waals surface area contributed by atoms with Crippen molar-refractivity contribution in [3.05, 3.63) is 33.3 Å². The van der Waals surface area contributed by atoms with Gasteiger partial charge < -0.3 is 15.0 Å². The third-order valence-electron chi connectivity index (χ3n) is 3.90. The maximum Gasteiger partial charge on any atom is 0.193 e. The topological polar surface area (TPSA) is 36.9 Å². The fourth-order valence-corrected chi connectivity index (χ4v) is 3.33. The fourth-order valence-electron chi connectivity index (χ4n) is 2.69. The average Bonchev–Trinajstić information content (AvgIpc) is 3.02. The summed E-state index contributed by atoms with van der Waals surface area (Å²) >= 11 is 9.63. The van der Waals surface area contributed by atoms with Crippen molar-refractivity contribution in [2.24, 2.45) is 10.9 Å². The lowest BCUT2D eigenvalue weighted by atomic mass is 10.1. The molecule has 1 aliphatic rings. The third-order valence-corrected chi connectivity index (χ3v) is 4.91. The molecule has 0 aromatic heterocycles. The molecule has 23 heavy (non-hydrogen) atoms. The van der Waals surface area contributed by atoms with Crippen LogP contribution in [0.4, 0.5) is 0 Å². The van der Waals surface area contributed by atoms with Crippen LogP contribution in [0.3, 0.4) is 0 Å². The molecular weight excluding hydrogens is 378 g/mol. The number of guanidine groups is 1. The van der Waals surface area contributed by atoms with E-state index in [4.69, 9.17) is 21.3 Å². The lowest BCUT2D eigenvalue weighted by Crippen LogP contribution is -2.41. The summed E-state index contributed by atoms with van der Waals surface area (Å²) in [5, 5.41) is 4.13. The Balaban J connectivity index is 1.93. The first-order valence-electron chi connectivity index (χ1n) is 8.11. The zero-order valence-electron chi connectivity index (χ0n) is 13.8. The van der Waals surface area contributed by atoms with E-state index in [1.165, 1.54) is 5.56 Å². The molecule has 2 rings (SSSR count). The number of hydrogen-bond donors (Lipinski definition) is 1. The minimum atomic E-state index is 0.603. The van der Waals surface area contributed by atoms with E-state index < -0.39 is 0 Å². The van der Waals surface area contributed by atoms with E-state index in [1.807, 2.05) is 18.2 Å².